The Labute approximate surface area is 235 Å². The summed E-state index contributed by atoms with van der Waals surface area (Å²) >= 11 is -1.86. The number of amidine groups is 2. The molecule has 0 amide bonds. The van der Waals surface area contributed by atoms with Gasteiger partial charge >= 0.3 is 6.36 Å². The van der Waals surface area contributed by atoms with Gasteiger partial charge in [0.25, 0.3) is 11.2 Å². The SMILES string of the molecule is O=S1N=C(Nc2ccc(OC(F)(F)F)cc2)C(N2CCCC(C3c4ccc(F)cc4CCc4cc(F)ccc43)C2)=N1. The van der Waals surface area contributed by atoms with Gasteiger partial charge in [-0.15, -0.1) is 22.0 Å². The lowest BCUT2D eigenvalue weighted by atomic mass is 9.75. The number of alkyl halides is 3. The van der Waals surface area contributed by atoms with E-state index in [1.807, 2.05) is 17.0 Å². The number of halogens is 5. The molecule has 1 saturated heterocycles. The van der Waals surface area contributed by atoms with Crippen LogP contribution in [0.3, 0.4) is 0 Å². The number of ether oxygens (including phenoxy) is 1. The van der Waals surface area contributed by atoms with E-state index in [1.165, 1.54) is 36.4 Å². The number of hydrogen-bond acceptors (Lipinski definition) is 4. The molecule has 214 valence electrons. The quantitative estimate of drug-likeness (QED) is 0.365. The van der Waals surface area contributed by atoms with Gasteiger partial charge in [0.05, 0.1) is 0 Å². The van der Waals surface area contributed by atoms with Crippen molar-refractivity contribution in [3.05, 3.63) is 94.6 Å². The molecule has 12 heteroatoms. The van der Waals surface area contributed by atoms with Crippen molar-refractivity contribution in [2.75, 3.05) is 18.4 Å². The third-order valence-corrected chi connectivity index (χ3v) is 8.34. The summed E-state index contributed by atoms with van der Waals surface area (Å²) in [5.74, 6) is -0.373. The predicted molar refractivity (Wildman–Crippen MR) is 146 cm³/mol. The molecule has 0 radical (unpaired) electrons. The van der Waals surface area contributed by atoms with E-state index in [2.05, 4.69) is 18.8 Å². The zero-order valence-electron chi connectivity index (χ0n) is 21.6. The van der Waals surface area contributed by atoms with Gasteiger partial charge in [-0.1, -0.05) is 12.1 Å². The van der Waals surface area contributed by atoms with Crippen LogP contribution in [0.1, 0.15) is 41.0 Å². The number of aryl methyl sites for hydroxylation is 2. The molecule has 3 aromatic carbocycles. The third kappa shape index (κ3) is 5.97. The Morgan fingerprint density at radius 3 is 2.15 bits per heavy atom. The van der Waals surface area contributed by atoms with Crippen LogP contribution in [0.5, 0.6) is 5.75 Å². The van der Waals surface area contributed by atoms with Gasteiger partial charge in [0.15, 0.2) is 11.7 Å². The summed E-state index contributed by atoms with van der Waals surface area (Å²) in [6.45, 7) is 1.16. The zero-order valence-corrected chi connectivity index (χ0v) is 22.4. The van der Waals surface area contributed by atoms with Crippen molar-refractivity contribution >= 4 is 28.5 Å². The van der Waals surface area contributed by atoms with Crippen molar-refractivity contribution in [3.63, 3.8) is 0 Å². The number of nitrogens with zero attached hydrogens (tertiary/aromatic N) is 3. The first kappa shape index (κ1) is 27.4. The summed E-state index contributed by atoms with van der Waals surface area (Å²) < 4.78 is 90.6. The molecule has 0 spiro atoms. The number of rotatable bonds is 3. The van der Waals surface area contributed by atoms with Gasteiger partial charge < -0.3 is 15.0 Å². The maximum atomic E-state index is 14.2. The van der Waals surface area contributed by atoms with Gasteiger partial charge in [-0.2, -0.15) is 0 Å². The predicted octanol–water partition coefficient (Wildman–Crippen LogP) is 6.31. The lowest BCUT2D eigenvalue weighted by Crippen LogP contribution is -2.45. The van der Waals surface area contributed by atoms with Crippen molar-refractivity contribution in [1.29, 1.82) is 0 Å². The number of hydrogen-bond donors (Lipinski definition) is 1. The first-order valence-corrected chi connectivity index (χ1v) is 14.2. The lowest BCUT2D eigenvalue weighted by molar-refractivity contribution is -0.274. The summed E-state index contributed by atoms with van der Waals surface area (Å²) in [7, 11) is 0. The molecule has 41 heavy (non-hydrogen) atoms. The molecule has 1 fully saturated rings. The second-order valence-electron chi connectivity index (χ2n) is 10.3. The Balaban J connectivity index is 1.26. The second kappa shape index (κ2) is 10.9. The molecule has 2 unspecified atom stereocenters. The van der Waals surface area contributed by atoms with E-state index < -0.39 is 17.5 Å². The highest BCUT2D eigenvalue weighted by Crippen LogP contribution is 2.43. The van der Waals surface area contributed by atoms with E-state index in [-0.39, 0.29) is 35.1 Å². The smallest absolute Gasteiger partial charge is 0.406 e. The van der Waals surface area contributed by atoms with Crippen LogP contribution in [0.25, 0.3) is 0 Å². The number of likely N-dealkylation sites (tertiary alicyclic amines) is 1. The Morgan fingerprint density at radius 2 is 1.54 bits per heavy atom. The normalized spacial score (nSPS) is 21.0. The first-order chi connectivity index (χ1) is 19.6. The largest absolute Gasteiger partial charge is 0.573 e. The van der Waals surface area contributed by atoms with Crippen LogP contribution in [0, 0.1) is 17.6 Å². The van der Waals surface area contributed by atoms with E-state index in [0.717, 1.165) is 35.1 Å². The van der Waals surface area contributed by atoms with Crippen molar-refractivity contribution < 1.29 is 30.9 Å². The number of fused-ring (bicyclic) bond motifs is 2. The van der Waals surface area contributed by atoms with Crippen LogP contribution in [0.15, 0.2) is 69.5 Å². The average molecular weight is 589 g/mol. The van der Waals surface area contributed by atoms with Crippen LogP contribution in [0.4, 0.5) is 27.6 Å². The van der Waals surface area contributed by atoms with Crippen LogP contribution in [-0.4, -0.2) is 40.2 Å². The Morgan fingerprint density at radius 1 is 0.902 bits per heavy atom. The highest BCUT2D eigenvalue weighted by Gasteiger charge is 2.37. The van der Waals surface area contributed by atoms with Crippen molar-refractivity contribution in [2.24, 2.45) is 14.7 Å². The molecule has 0 aromatic heterocycles. The van der Waals surface area contributed by atoms with Gasteiger partial charge in [-0.25, -0.2) is 13.0 Å². The number of benzene rings is 3. The Kier molecular flexibility index (Phi) is 7.27. The minimum Gasteiger partial charge on any atom is -0.406 e. The van der Waals surface area contributed by atoms with Crippen LogP contribution >= 0.6 is 0 Å². The molecule has 2 atom stereocenters. The third-order valence-electron chi connectivity index (χ3n) is 7.67. The molecule has 0 saturated carbocycles. The van der Waals surface area contributed by atoms with Crippen LogP contribution in [-0.2, 0) is 24.0 Å². The number of nitrogens with one attached hydrogen (secondary N) is 1. The van der Waals surface area contributed by atoms with E-state index in [0.29, 0.717) is 37.5 Å². The highest BCUT2D eigenvalue weighted by atomic mass is 32.2. The molecule has 6 nitrogen and oxygen atoms in total. The highest BCUT2D eigenvalue weighted by molar-refractivity contribution is 7.83. The van der Waals surface area contributed by atoms with Crippen molar-refractivity contribution in [2.45, 2.75) is 38.0 Å². The summed E-state index contributed by atoms with van der Waals surface area (Å²) in [5, 5.41) is 3.02. The minimum atomic E-state index is -4.80. The molecule has 3 aromatic rings. The van der Waals surface area contributed by atoms with Crippen molar-refractivity contribution in [3.8, 4) is 5.75 Å². The topological polar surface area (TPSA) is 66.3 Å². The summed E-state index contributed by atoms with van der Waals surface area (Å²) in [6, 6.07) is 14.9. The maximum absolute atomic E-state index is 14.2. The van der Waals surface area contributed by atoms with Crippen molar-refractivity contribution in [1.82, 2.24) is 4.90 Å². The van der Waals surface area contributed by atoms with Gasteiger partial charge in [-0.3, -0.25) is 0 Å². The zero-order chi connectivity index (χ0) is 28.7. The summed E-state index contributed by atoms with van der Waals surface area (Å²) in [4.78, 5) is 2.00. The molecular formula is C29H25F5N4O2S. The van der Waals surface area contributed by atoms with E-state index in [4.69, 9.17) is 0 Å². The fraction of sp³-hybridized carbons (Fsp3) is 0.310. The molecule has 1 N–H and O–H groups in total. The fourth-order valence-electron chi connectivity index (χ4n) is 6.03. The monoisotopic (exact) mass is 588 g/mol. The standard InChI is InChI=1S/C29H25F5N4O2S/c30-20-5-11-24-17(14-20)3-4-18-15-21(31)6-12-25(18)26(24)19-2-1-13-38(16-19)28-27(36-41(39)37-28)35-22-7-9-23(10-8-22)40-29(32,33)34/h5-12,14-15,19,26H,1-4,13,16H2,(H,35,36). The average Bonchev–Trinajstić information content (AvgIpc) is 3.21. The molecule has 3 aliphatic rings. The van der Waals surface area contributed by atoms with E-state index >= 15 is 0 Å². The lowest BCUT2D eigenvalue weighted by Gasteiger charge is -2.39. The number of anilines is 1. The van der Waals surface area contributed by atoms with Crippen LogP contribution < -0.4 is 10.1 Å². The van der Waals surface area contributed by atoms with E-state index in [1.54, 1.807) is 12.1 Å². The Hall–Kier alpha value is -3.80. The second-order valence-corrected chi connectivity index (χ2v) is 11.1. The maximum Gasteiger partial charge on any atom is 0.573 e. The number of piperidine rings is 1. The van der Waals surface area contributed by atoms with Gasteiger partial charge in [0, 0.05) is 24.7 Å². The minimum absolute atomic E-state index is 0.0621. The molecule has 1 aliphatic carbocycles. The molecule has 2 aliphatic heterocycles. The van der Waals surface area contributed by atoms with Gasteiger partial charge in [0.1, 0.15) is 17.4 Å². The fourth-order valence-corrected chi connectivity index (χ4v) is 6.70. The van der Waals surface area contributed by atoms with Gasteiger partial charge in [0.2, 0.25) is 0 Å². The van der Waals surface area contributed by atoms with E-state index in [9.17, 15) is 26.2 Å². The Bertz CT molecular complexity index is 1500. The molecule has 2 heterocycles. The summed E-state index contributed by atoms with van der Waals surface area (Å²) in [5.41, 5.74) is 4.28. The molecule has 0 bridgehead atoms. The van der Waals surface area contributed by atoms with Gasteiger partial charge in [-0.05, 0) is 102 Å². The van der Waals surface area contributed by atoms with Crippen LogP contribution in [0.2, 0.25) is 0 Å². The molecule has 6 rings (SSSR count). The first-order valence-electron chi connectivity index (χ1n) is 13.2. The molecular weight excluding hydrogens is 563 g/mol. The summed E-state index contributed by atoms with van der Waals surface area (Å²) in [6.07, 6.45) is -1.92.